The first-order valence-electron chi connectivity index (χ1n) is 12.2. The molecule has 0 aromatic heterocycles. The molecule has 0 aromatic rings. The first-order valence-corrected chi connectivity index (χ1v) is 13.9. The third-order valence-electron chi connectivity index (χ3n) is 7.28. The van der Waals surface area contributed by atoms with Gasteiger partial charge >= 0.3 is 17.9 Å². The summed E-state index contributed by atoms with van der Waals surface area (Å²) in [6.45, 7) is 11.8. The van der Waals surface area contributed by atoms with E-state index in [0.717, 1.165) is 0 Å². The van der Waals surface area contributed by atoms with Gasteiger partial charge in [0.2, 0.25) is 5.91 Å². The van der Waals surface area contributed by atoms with E-state index in [1.165, 1.54) is 33.3 Å². The summed E-state index contributed by atoms with van der Waals surface area (Å²) in [6, 6.07) is -1.68. The first-order chi connectivity index (χ1) is 17.0. The number of amides is 2. The highest BCUT2D eigenvalue weighted by atomic mass is 32.2. The fourth-order valence-corrected chi connectivity index (χ4v) is 8.83. The van der Waals surface area contributed by atoms with Crippen LogP contribution in [0.1, 0.15) is 61.3 Å². The molecular formula is C24H33N3O8S2. The molecule has 204 valence electrons. The van der Waals surface area contributed by atoms with Crippen molar-refractivity contribution in [1.29, 1.82) is 0 Å². The van der Waals surface area contributed by atoms with Crippen LogP contribution in [0.3, 0.4) is 0 Å². The molecule has 4 fully saturated rings. The molecule has 0 saturated carbocycles. The van der Waals surface area contributed by atoms with Gasteiger partial charge < -0.3 is 24.4 Å². The molecule has 37 heavy (non-hydrogen) atoms. The lowest BCUT2D eigenvalue weighted by molar-refractivity contribution is -0.180. The van der Waals surface area contributed by atoms with Crippen molar-refractivity contribution >= 4 is 59.0 Å². The molecule has 4 saturated heterocycles. The number of hydrogen-bond acceptors (Lipinski definition) is 10. The van der Waals surface area contributed by atoms with Gasteiger partial charge in [-0.3, -0.25) is 19.4 Å². The van der Waals surface area contributed by atoms with Gasteiger partial charge in [-0.05, 0) is 48.5 Å². The second-order valence-corrected chi connectivity index (χ2v) is 14.7. The Morgan fingerprint density at radius 1 is 1.16 bits per heavy atom. The second kappa shape index (κ2) is 9.18. The van der Waals surface area contributed by atoms with E-state index in [1.807, 2.05) is 13.8 Å². The molecular weight excluding hydrogens is 522 g/mol. The van der Waals surface area contributed by atoms with Gasteiger partial charge in [0.15, 0.2) is 11.6 Å². The molecule has 5 atom stereocenters. The number of thioether (sulfide) groups is 2. The molecule has 4 aliphatic heterocycles. The molecule has 0 bridgehead atoms. The first kappa shape index (κ1) is 27.7. The second-order valence-electron chi connectivity index (χ2n) is 11.1. The number of hydrogen-bond donors (Lipinski definition) is 1. The summed E-state index contributed by atoms with van der Waals surface area (Å²) in [5.74, 6) is -3.02. The number of carbonyl (C=O) groups is 5. The van der Waals surface area contributed by atoms with Gasteiger partial charge in [0.05, 0.1) is 29.1 Å². The van der Waals surface area contributed by atoms with Crippen molar-refractivity contribution in [3.63, 3.8) is 0 Å². The Kier molecular flexibility index (Phi) is 6.88. The van der Waals surface area contributed by atoms with Crippen molar-refractivity contribution < 1.29 is 38.6 Å². The zero-order chi connectivity index (χ0) is 27.7. The Bertz CT molecular complexity index is 1090. The molecule has 11 nitrogen and oxygen atoms in total. The molecule has 4 aliphatic rings. The van der Waals surface area contributed by atoms with Crippen molar-refractivity contribution in [3.8, 4) is 0 Å². The standard InChI is InChI=1S/C24H33N3O8S2/c1-11(2)35-15(29)8-12(3)25-16-18(30)26-17(22(4,5)37-19(16)26)20(31)34-10-24(21(32)33)23(6,7)36-14-9-13(28)27(14)24/h11,14,16-17,19H,8-10H2,1-7H3,(H,32,33)/t14-,16-,17+,19-,24+/m1/s1. The number of carboxylic acids is 1. The quantitative estimate of drug-likeness (QED) is 0.267. The van der Waals surface area contributed by atoms with Crippen LogP contribution in [0.25, 0.3) is 0 Å². The van der Waals surface area contributed by atoms with E-state index in [9.17, 15) is 29.1 Å². The Morgan fingerprint density at radius 3 is 2.38 bits per heavy atom. The summed E-state index contributed by atoms with van der Waals surface area (Å²) in [5, 5.41) is 9.50. The summed E-state index contributed by atoms with van der Waals surface area (Å²) in [5.41, 5.74) is -1.23. The third-order valence-corrected chi connectivity index (χ3v) is 10.4. The van der Waals surface area contributed by atoms with Crippen LogP contribution >= 0.6 is 23.5 Å². The number of β-lactam (4-membered cyclic amide) rings is 2. The normalized spacial score (nSPS) is 33.5. The number of nitrogens with zero attached hydrogens (tertiary/aromatic N) is 3. The van der Waals surface area contributed by atoms with Crippen molar-refractivity contribution in [1.82, 2.24) is 9.80 Å². The van der Waals surface area contributed by atoms with Crippen molar-refractivity contribution in [2.75, 3.05) is 6.61 Å². The zero-order valence-electron chi connectivity index (χ0n) is 22.0. The van der Waals surface area contributed by atoms with Crippen LogP contribution in [0.2, 0.25) is 0 Å². The highest BCUT2D eigenvalue weighted by Gasteiger charge is 2.71. The van der Waals surface area contributed by atoms with E-state index in [2.05, 4.69) is 4.99 Å². The molecule has 0 aromatic carbocycles. The van der Waals surface area contributed by atoms with E-state index in [4.69, 9.17) is 9.47 Å². The Labute approximate surface area is 224 Å². The van der Waals surface area contributed by atoms with Crippen LogP contribution in [-0.4, -0.2) is 101 Å². The number of carbonyl (C=O) groups excluding carboxylic acids is 4. The number of ether oxygens (including phenoxy) is 2. The van der Waals surface area contributed by atoms with Crippen LogP contribution in [0.5, 0.6) is 0 Å². The molecule has 0 unspecified atom stereocenters. The number of fused-ring (bicyclic) bond motifs is 2. The molecule has 0 spiro atoms. The molecule has 4 rings (SSSR count). The van der Waals surface area contributed by atoms with E-state index < -0.39 is 57.0 Å². The Balaban J connectivity index is 1.48. The van der Waals surface area contributed by atoms with Crippen LogP contribution in [0, 0.1) is 0 Å². The maximum atomic E-state index is 13.4. The largest absolute Gasteiger partial charge is 0.479 e. The van der Waals surface area contributed by atoms with Crippen LogP contribution in [0.4, 0.5) is 0 Å². The average Bonchev–Trinajstić information content (AvgIpc) is 3.11. The maximum Gasteiger partial charge on any atom is 0.334 e. The summed E-state index contributed by atoms with van der Waals surface area (Å²) in [7, 11) is 0. The van der Waals surface area contributed by atoms with Gasteiger partial charge in [-0.25, -0.2) is 9.59 Å². The van der Waals surface area contributed by atoms with Gasteiger partial charge in [0.25, 0.3) is 5.91 Å². The van der Waals surface area contributed by atoms with Gasteiger partial charge in [0.1, 0.15) is 18.0 Å². The van der Waals surface area contributed by atoms with Crippen LogP contribution in [-0.2, 0) is 33.4 Å². The Hall–Kier alpha value is -2.28. The van der Waals surface area contributed by atoms with Crippen molar-refractivity contribution in [2.45, 2.75) is 105 Å². The molecule has 1 N–H and O–H groups in total. The summed E-state index contributed by atoms with van der Waals surface area (Å²) in [4.78, 5) is 70.4. The maximum absolute atomic E-state index is 13.4. The van der Waals surface area contributed by atoms with E-state index in [0.29, 0.717) is 5.71 Å². The topological polar surface area (TPSA) is 143 Å². The number of carboxylic acid groups (broad SMARTS) is 1. The lowest BCUT2D eigenvalue weighted by Gasteiger charge is -2.46. The summed E-state index contributed by atoms with van der Waals surface area (Å²) >= 11 is 2.79. The fraction of sp³-hybridized carbons (Fsp3) is 0.750. The lowest BCUT2D eigenvalue weighted by atomic mass is 9.82. The van der Waals surface area contributed by atoms with Gasteiger partial charge in [0, 0.05) is 10.5 Å². The monoisotopic (exact) mass is 555 g/mol. The average molecular weight is 556 g/mol. The molecule has 4 heterocycles. The predicted molar refractivity (Wildman–Crippen MR) is 137 cm³/mol. The zero-order valence-corrected chi connectivity index (χ0v) is 23.6. The van der Waals surface area contributed by atoms with Gasteiger partial charge in [-0.2, -0.15) is 0 Å². The van der Waals surface area contributed by atoms with Gasteiger partial charge in [-0.15, -0.1) is 23.5 Å². The smallest absolute Gasteiger partial charge is 0.334 e. The summed E-state index contributed by atoms with van der Waals surface area (Å²) in [6.07, 6.45) is -0.0304. The fourth-order valence-electron chi connectivity index (χ4n) is 5.48. The third kappa shape index (κ3) is 4.31. The van der Waals surface area contributed by atoms with E-state index in [-0.39, 0.29) is 36.1 Å². The van der Waals surface area contributed by atoms with Crippen LogP contribution in [0.15, 0.2) is 4.99 Å². The molecule has 2 amide bonds. The Morgan fingerprint density at radius 2 is 1.81 bits per heavy atom. The minimum absolute atomic E-state index is 0.0322. The van der Waals surface area contributed by atoms with E-state index in [1.54, 1.807) is 34.6 Å². The number of aliphatic carboxylic acids is 1. The highest BCUT2D eigenvalue weighted by molar-refractivity contribution is 8.02. The lowest BCUT2D eigenvalue weighted by Crippen LogP contribution is -2.70. The number of esters is 2. The molecule has 13 heteroatoms. The minimum atomic E-state index is -1.70. The summed E-state index contributed by atoms with van der Waals surface area (Å²) < 4.78 is 9.14. The minimum Gasteiger partial charge on any atom is -0.479 e. The van der Waals surface area contributed by atoms with Crippen molar-refractivity contribution in [3.05, 3.63) is 0 Å². The number of aliphatic imine (C=N–C) groups is 1. The predicted octanol–water partition coefficient (Wildman–Crippen LogP) is 1.67. The molecule has 0 radical (unpaired) electrons. The van der Waals surface area contributed by atoms with Crippen LogP contribution < -0.4 is 0 Å². The van der Waals surface area contributed by atoms with Crippen molar-refractivity contribution in [2.24, 2.45) is 4.99 Å². The molecule has 0 aliphatic carbocycles. The number of rotatable bonds is 8. The van der Waals surface area contributed by atoms with E-state index >= 15 is 0 Å². The van der Waals surface area contributed by atoms with Gasteiger partial charge in [-0.1, -0.05) is 0 Å². The highest BCUT2D eigenvalue weighted by Crippen LogP contribution is 2.57. The SMILES string of the molecule is CC(CC(=O)OC(C)C)=N[C@@H]1C(=O)N2[C@@H]1SC(C)(C)[C@@H]2C(=O)OC[C@@]1(C(=O)O)N2C(=O)C[C@H]2SC1(C)C.